The molecule has 1 saturated heterocycles. The minimum Gasteiger partial charge on any atom is -0.379 e. The molecule has 0 aromatic carbocycles. The predicted octanol–water partition coefficient (Wildman–Crippen LogP) is 2.12. The van der Waals surface area contributed by atoms with E-state index in [0.29, 0.717) is 13.0 Å². The summed E-state index contributed by atoms with van der Waals surface area (Å²) >= 11 is 1.68. The lowest BCUT2D eigenvalue weighted by Gasteiger charge is -2.25. The fraction of sp³-hybridized carbons (Fsp3) is 0.733. The number of carbonyl (C=O) groups is 1. The number of ether oxygens (including phenoxy) is 1. The second kappa shape index (κ2) is 8.46. The first-order valence-corrected chi connectivity index (χ1v) is 8.54. The van der Waals surface area contributed by atoms with Crippen LogP contribution >= 0.6 is 11.3 Å². The normalized spacial score (nSPS) is 16.1. The molecule has 0 bridgehead atoms. The van der Waals surface area contributed by atoms with E-state index >= 15 is 0 Å². The van der Waals surface area contributed by atoms with Crippen molar-refractivity contribution in [2.24, 2.45) is 0 Å². The highest BCUT2D eigenvalue weighted by atomic mass is 32.1. The van der Waals surface area contributed by atoms with Crippen molar-refractivity contribution in [2.45, 2.75) is 39.3 Å². The molecule has 6 heteroatoms. The highest BCUT2D eigenvalue weighted by Gasteiger charge is 2.14. The number of aromatic nitrogens is 1. The van der Waals surface area contributed by atoms with E-state index in [1.165, 1.54) is 0 Å². The second-order valence-corrected chi connectivity index (χ2v) is 6.42. The van der Waals surface area contributed by atoms with Crippen LogP contribution in [0.4, 0.5) is 0 Å². The molecule has 0 saturated carbocycles. The fourth-order valence-corrected chi connectivity index (χ4v) is 3.12. The molecule has 1 aliphatic rings. The van der Waals surface area contributed by atoms with Crippen molar-refractivity contribution in [1.82, 2.24) is 14.8 Å². The molecule has 0 spiro atoms. The van der Waals surface area contributed by atoms with Crippen LogP contribution in [0.25, 0.3) is 0 Å². The van der Waals surface area contributed by atoms with E-state index in [1.807, 2.05) is 7.05 Å². The Bertz CT molecular complexity index is 444. The summed E-state index contributed by atoms with van der Waals surface area (Å²) in [7, 11) is 1.86. The van der Waals surface area contributed by atoms with Gasteiger partial charge in [-0.1, -0.05) is 13.3 Å². The average Bonchev–Trinajstić information content (AvgIpc) is 2.92. The molecule has 118 valence electrons. The van der Waals surface area contributed by atoms with Crippen molar-refractivity contribution < 1.29 is 9.53 Å². The van der Waals surface area contributed by atoms with Gasteiger partial charge in [0.1, 0.15) is 5.01 Å². The Morgan fingerprint density at radius 3 is 2.95 bits per heavy atom. The standard InChI is InChI=1S/C15H25N3O2S/c1-3-4-5-15(19)17(2)10-13-12-21-14(16-13)11-18-6-8-20-9-7-18/h12H,3-11H2,1-2H3. The van der Waals surface area contributed by atoms with Gasteiger partial charge in [0.15, 0.2) is 0 Å². The van der Waals surface area contributed by atoms with Crippen LogP contribution in [0.15, 0.2) is 5.38 Å². The highest BCUT2D eigenvalue weighted by Crippen LogP contribution is 2.15. The monoisotopic (exact) mass is 311 g/mol. The maximum Gasteiger partial charge on any atom is 0.222 e. The first kappa shape index (κ1) is 16.4. The van der Waals surface area contributed by atoms with Gasteiger partial charge in [-0.2, -0.15) is 0 Å². The first-order valence-electron chi connectivity index (χ1n) is 7.66. The van der Waals surface area contributed by atoms with E-state index in [2.05, 4.69) is 22.2 Å². The van der Waals surface area contributed by atoms with Gasteiger partial charge in [-0.3, -0.25) is 9.69 Å². The summed E-state index contributed by atoms with van der Waals surface area (Å²) in [4.78, 5) is 20.7. The molecular weight excluding hydrogens is 286 g/mol. The van der Waals surface area contributed by atoms with E-state index in [0.717, 1.165) is 56.4 Å². The summed E-state index contributed by atoms with van der Waals surface area (Å²) in [6.07, 6.45) is 2.65. The van der Waals surface area contributed by atoms with Gasteiger partial charge >= 0.3 is 0 Å². The van der Waals surface area contributed by atoms with Gasteiger partial charge in [-0.15, -0.1) is 11.3 Å². The number of nitrogens with zero attached hydrogens (tertiary/aromatic N) is 3. The molecule has 1 aromatic heterocycles. The predicted molar refractivity (Wildman–Crippen MR) is 84.2 cm³/mol. The third-order valence-electron chi connectivity index (χ3n) is 3.63. The second-order valence-electron chi connectivity index (χ2n) is 5.47. The zero-order chi connectivity index (χ0) is 15.1. The quantitative estimate of drug-likeness (QED) is 0.774. The van der Waals surface area contributed by atoms with Crippen molar-refractivity contribution in [3.8, 4) is 0 Å². The molecule has 5 nitrogen and oxygen atoms in total. The first-order chi connectivity index (χ1) is 10.2. The maximum atomic E-state index is 11.9. The largest absolute Gasteiger partial charge is 0.379 e. The SMILES string of the molecule is CCCCC(=O)N(C)Cc1csc(CN2CCOCC2)n1. The number of thiazole rings is 1. The average molecular weight is 311 g/mol. The van der Waals surface area contributed by atoms with Crippen LogP contribution < -0.4 is 0 Å². The molecule has 0 N–H and O–H groups in total. The van der Waals surface area contributed by atoms with Crippen LogP contribution in [0.2, 0.25) is 0 Å². The Labute approximate surface area is 130 Å². The molecule has 2 heterocycles. The molecule has 1 aliphatic heterocycles. The van der Waals surface area contributed by atoms with Crippen LogP contribution in [-0.2, 0) is 22.6 Å². The van der Waals surface area contributed by atoms with Gasteiger partial charge in [0.2, 0.25) is 5.91 Å². The van der Waals surface area contributed by atoms with Crippen molar-refractivity contribution in [2.75, 3.05) is 33.4 Å². The summed E-state index contributed by atoms with van der Waals surface area (Å²) in [5, 5.41) is 3.20. The van der Waals surface area contributed by atoms with Crippen LogP contribution in [0, 0.1) is 0 Å². The number of hydrogen-bond acceptors (Lipinski definition) is 5. The van der Waals surface area contributed by atoms with Crippen LogP contribution in [-0.4, -0.2) is 54.0 Å². The third-order valence-corrected chi connectivity index (χ3v) is 4.51. The lowest BCUT2D eigenvalue weighted by molar-refractivity contribution is -0.130. The van der Waals surface area contributed by atoms with Gasteiger partial charge in [0, 0.05) is 31.9 Å². The van der Waals surface area contributed by atoms with Crippen molar-refractivity contribution in [1.29, 1.82) is 0 Å². The Kier molecular flexibility index (Phi) is 6.60. The number of hydrogen-bond donors (Lipinski definition) is 0. The summed E-state index contributed by atoms with van der Waals surface area (Å²) in [6.45, 7) is 7.18. The smallest absolute Gasteiger partial charge is 0.222 e. The number of rotatable bonds is 7. The number of amides is 1. The van der Waals surface area contributed by atoms with Crippen molar-refractivity contribution >= 4 is 17.2 Å². The minimum atomic E-state index is 0.208. The number of morpholine rings is 1. The lowest BCUT2D eigenvalue weighted by atomic mass is 10.2. The Morgan fingerprint density at radius 1 is 1.48 bits per heavy atom. The Hall–Kier alpha value is -0.980. The van der Waals surface area contributed by atoms with Crippen molar-refractivity contribution in [3.05, 3.63) is 16.1 Å². The van der Waals surface area contributed by atoms with Gasteiger partial charge in [0.25, 0.3) is 0 Å². The topological polar surface area (TPSA) is 45.7 Å². The zero-order valence-corrected chi connectivity index (χ0v) is 13.8. The molecule has 0 atom stereocenters. The summed E-state index contributed by atoms with van der Waals surface area (Å²) < 4.78 is 5.35. The molecule has 0 unspecified atom stereocenters. The molecule has 21 heavy (non-hydrogen) atoms. The third kappa shape index (κ3) is 5.37. The molecule has 1 aromatic rings. The van der Waals surface area contributed by atoms with E-state index in [1.54, 1.807) is 16.2 Å². The number of unbranched alkanes of at least 4 members (excludes halogenated alkanes) is 1. The van der Waals surface area contributed by atoms with Crippen LogP contribution in [0.3, 0.4) is 0 Å². The maximum absolute atomic E-state index is 11.9. The summed E-state index contributed by atoms with van der Waals surface area (Å²) in [5.74, 6) is 0.208. The van der Waals surface area contributed by atoms with E-state index in [9.17, 15) is 4.79 Å². The minimum absolute atomic E-state index is 0.208. The molecule has 1 amide bonds. The van der Waals surface area contributed by atoms with E-state index in [-0.39, 0.29) is 5.91 Å². The molecule has 1 fully saturated rings. The molecule has 0 radical (unpaired) electrons. The molecule has 0 aliphatic carbocycles. The van der Waals surface area contributed by atoms with Gasteiger partial charge in [0.05, 0.1) is 32.0 Å². The Morgan fingerprint density at radius 2 is 2.24 bits per heavy atom. The zero-order valence-electron chi connectivity index (χ0n) is 13.0. The molecular formula is C15H25N3O2S. The summed E-state index contributed by atoms with van der Waals surface area (Å²) in [5.41, 5.74) is 0.996. The van der Waals surface area contributed by atoms with Crippen molar-refractivity contribution in [3.63, 3.8) is 0 Å². The fourth-order valence-electron chi connectivity index (χ4n) is 2.29. The molecule has 2 rings (SSSR count). The van der Waals surface area contributed by atoms with E-state index in [4.69, 9.17) is 4.74 Å². The summed E-state index contributed by atoms with van der Waals surface area (Å²) in [6, 6.07) is 0. The van der Waals surface area contributed by atoms with Crippen LogP contribution in [0.5, 0.6) is 0 Å². The lowest BCUT2D eigenvalue weighted by Crippen LogP contribution is -2.35. The highest BCUT2D eigenvalue weighted by molar-refractivity contribution is 7.09. The van der Waals surface area contributed by atoms with E-state index < -0.39 is 0 Å². The van der Waals surface area contributed by atoms with Crippen LogP contribution in [0.1, 0.15) is 36.9 Å². The van der Waals surface area contributed by atoms with Gasteiger partial charge in [-0.05, 0) is 6.42 Å². The van der Waals surface area contributed by atoms with Gasteiger partial charge in [-0.25, -0.2) is 4.98 Å². The number of carbonyl (C=O) groups excluding carboxylic acids is 1. The van der Waals surface area contributed by atoms with Gasteiger partial charge < -0.3 is 9.64 Å². The Balaban J connectivity index is 1.80.